The maximum absolute atomic E-state index is 12.9. The van der Waals surface area contributed by atoms with Crippen LogP contribution in [-0.4, -0.2) is 22.2 Å². The van der Waals surface area contributed by atoms with Gasteiger partial charge in [0.2, 0.25) is 11.1 Å². The number of anilines is 1. The summed E-state index contributed by atoms with van der Waals surface area (Å²) in [5, 5.41) is 5.14. The Hall–Kier alpha value is -2.93. The summed E-state index contributed by atoms with van der Waals surface area (Å²) in [6.45, 7) is 3.55. The predicted octanol–water partition coefficient (Wildman–Crippen LogP) is 2.67. The van der Waals surface area contributed by atoms with Crippen LogP contribution in [0.3, 0.4) is 0 Å². The first-order valence-electron chi connectivity index (χ1n) is 8.57. The van der Waals surface area contributed by atoms with Gasteiger partial charge in [0.1, 0.15) is 0 Å². The van der Waals surface area contributed by atoms with Gasteiger partial charge < -0.3 is 0 Å². The summed E-state index contributed by atoms with van der Waals surface area (Å²) in [4.78, 5) is 30.1. The van der Waals surface area contributed by atoms with E-state index in [4.69, 9.17) is 0 Å². The van der Waals surface area contributed by atoms with Crippen molar-refractivity contribution < 1.29 is 9.48 Å². The lowest BCUT2D eigenvalue weighted by Gasteiger charge is -2.31. The van der Waals surface area contributed by atoms with E-state index >= 15 is 0 Å². The Bertz CT molecular complexity index is 1090. The number of fused-ring (bicyclic) bond motifs is 3. The summed E-state index contributed by atoms with van der Waals surface area (Å²) in [6.07, 6.45) is 1.33. The van der Waals surface area contributed by atoms with Crippen LogP contribution in [0.15, 0.2) is 58.5 Å². The summed E-state index contributed by atoms with van der Waals surface area (Å²) in [6, 6.07) is 15.4. The van der Waals surface area contributed by atoms with Crippen LogP contribution >= 0.6 is 11.8 Å². The molecule has 0 saturated carbocycles. The summed E-state index contributed by atoms with van der Waals surface area (Å²) >= 11 is 1.36. The third kappa shape index (κ3) is 2.84. The highest BCUT2D eigenvalue weighted by Gasteiger charge is 2.44. The molecule has 1 atom stereocenters. The van der Waals surface area contributed by atoms with E-state index in [1.165, 1.54) is 18.7 Å². The number of carbonyl (C=O) groups excluding carboxylic acids is 1. The van der Waals surface area contributed by atoms with Crippen molar-refractivity contribution in [3.63, 3.8) is 0 Å². The molecule has 1 aliphatic heterocycles. The second-order valence-electron chi connectivity index (χ2n) is 6.45. The van der Waals surface area contributed by atoms with E-state index in [1.807, 2.05) is 61.7 Å². The van der Waals surface area contributed by atoms with E-state index in [1.54, 1.807) is 9.58 Å². The lowest BCUT2D eigenvalue weighted by atomic mass is 10.0. The smallest absolute Gasteiger partial charge is 0.291 e. The normalized spacial score (nSPS) is 15.2. The van der Waals surface area contributed by atoms with Crippen molar-refractivity contribution in [2.75, 3.05) is 11.2 Å². The molecule has 2 aromatic carbocycles. The van der Waals surface area contributed by atoms with Gasteiger partial charge in [-0.3, -0.25) is 14.6 Å². The minimum absolute atomic E-state index is 0.112. The number of nitrogens with zero attached hydrogens (tertiary/aromatic N) is 3. The summed E-state index contributed by atoms with van der Waals surface area (Å²) in [5.74, 6) is -0.112. The number of aromatic amines is 1. The quantitative estimate of drug-likeness (QED) is 0.549. The molecule has 4 rings (SSSR count). The zero-order chi connectivity index (χ0) is 19.1. The molecule has 0 aliphatic carbocycles. The lowest BCUT2D eigenvalue weighted by Crippen LogP contribution is -2.60. The first kappa shape index (κ1) is 17.5. The molecule has 0 unspecified atom stereocenters. The molecule has 1 aliphatic rings. The van der Waals surface area contributed by atoms with Crippen molar-refractivity contribution >= 4 is 23.4 Å². The predicted molar refractivity (Wildman–Crippen MR) is 105 cm³/mol. The molecular weight excluding hydrogens is 360 g/mol. The number of H-pyrrole nitrogens is 1. The molecule has 0 fully saturated rings. The topological polar surface area (TPSA) is 69.9 Å². The van der Waals surface area contributed by atoms with Crippen LogP contribution < -0.4 is 15.1 Å². The van der Waals surface area contributed by atoms with Gasteiger partial charge in [0.05, 0.1) is 11.3 Å². The van der Waals surface area contributed by atoms with Crippen LogP contribution in [0.25, 0.3) is 11.3 Å². The first-order valence-corrected chi connectivity index (χ1v) is 9.79. The molecule has 1 N–H and O–H groups in total. The zero-order valence-electron chi connectivity index (χ0n) is 15.3. The highest BCUT2D eigenvalue weighted by Crippen LogP contribution is 2.37. The lowest BCUT2D eigenvalue weighted by molar-refractivity contribution is -0.763. The van der Waals surface area contributed by atoms with Crippen LogP contribution in [0.4, 0.5) is 5.69 Å². The van der Waals surface area contributed by atoms with Crippen molar-refractivity contribution in [2.24, 2.45) is 0 Å². The molecule has 0 radical (unpaired) electrons. The van der Waals surface area contributed by atoms with E-state index in [9.17, 15) is 9.59 Å². The molecule has 0 spiro atoms. The van der Waals surface area contributed by atoms with Crippen LogP contribution in [0.1, 0.15) is 24.2 Å². The number of benzene rings is 2. The Morgan fingerprint density at radius 1 is 1.19 bits per heavy atom. The van der Waals surface area contributed by atoms with Crippen molar-refractivity contribution in [3.05, 3.63) is 70.0 Å². The largest absolute Gasteiger partial charge is 0.325 e. The molecular formula is C20H19N4O2S+. The molecule has 6 nitrogen and oxygen atoms in total. The highest BCUT2D eigenvalue weighted by molar-refractivity contribution is 7.98. The SMILES string of the molecule is CSc1n[n+]2c(c(=O)[nH]1)-c1ccccc1N(C(C)=O)[C@H]2c1ccc(C)cc1. The van der Waals surface area contributed by atoms with Crippen molar-refractivity contribution in [1.29, 1.82) is 0 Å². The fourth-order valence-corrected chi connectivity index (χ4v) is 3.81. The monoisotopic (exact) mass is 379 g/mol. The maximum atomic E-state index is 12.9. The van der Waals surface area contributed by atoms with Gasteiger partial charge in [-0.2, -0.15) is 0 Å². The van der Waals surface area contributed by atoms with Gasteiger partial charge in [0.25, 0.3) is 6.17 Å². The molecule has 136 valence electrons. The number of carbonyl (C=O) groups is 1. The molecule has 2 heterocycles. The molecule has 7 heteroatoms. The Labute approximate surface area is 160 Å². The van der Waals surface area contributed by atoms with E-state index in [2.05, 4.69) is 10.1 Å². The summed E-state index contributed by atoms with van der Waals surface area (Å²) in [5.41, 5.74) is 3.64. The zero-order valence-corrected chi connectivity index (χ0v) is 16.1. The fraction of sp³-hybridized carbons (Fsp3) is 0.200. The number of nitrogens with one attached hydrogen (secondary N) is 1. The van der Waals surface area contributed by atoms with Gasteiger partial charge in [-0.25, -0.2) is 4.90 Å². The highest BCUT2D eigenvalue weighted by atomic mass is 32.2. The Morgan fingerprint density at radius 2 is 1.89 bits per heavy atom. The summed E-state index contributed by atoms with van der Waals surface area (Å²) in [7, 11) is 0. The van der Waals surface area contributed by atoms with E-state index in [-0.39, 0.29) is 11.5 Å². The van der Waals surface area contributed by atoms with Gasteiger partial charge in [0.15, 0.2) is 0 Å². The number of amides is 1. The third-order valence-corrected chi connectivity index (χ3v) is 5.24. The molecule has 27 heavy (non-hydrogen) atoms. The third-order valence-electron chi connectivity index (χ3n) is 4.67. The number of aryl methyl sites for hydroxylation is 1. The molecule has 0 bridgehead atoms. The van der Waals surface area contributed by atoms with Gasteiger partial charge in [-0.1, -0.05) is 41.6 Å². The Balaban J connectivity index is 2.08. The number of thioether (sulfide) groups is 1. The molecule has 1 amide bonds. The Morgan fingerprint density at radius 3 is 2.56 bits per heavy atom. The van der Waals surface area contributed by atoms with Crippen molar-refractivity contribution in [2.45, 2.75) is 25.2 Å². The fourth-order valence-electron chi connectivity index (χ4n) is 3.44. The minimum atomic E-state index is -0.527. The van der Waals surface area contributed by atoms with Crippen LogP contribution in [-0.2, 0) is 4.79 Å². The molecule has 0 saturated heterocycles. The number of hydrogen-bond donors (Lipinski definition) is 1. The number of hydrogen-bond acceptors (Lipinski definition) is 4. The van der Waals surface area contributed by atoms with Gasteiger partial charge in [0, 0.05) is 17.6 Å². The maximum Gasteiger partial charge on any atom is 0.325 e. The van der Waals surface area contributed by atoms with Crippen LogP contribution in [0.2, 0.25) is 0 Å². The molecule has 3 aromatic rings. The average Bonchev–Trinajstić information content (AvgIpc) is 2.67. The van der Waals surface area contributed by atoms with Gasteiger partial charge in [-0.05, 0) is 42.1 Å². The number of rotatable bonds is 2. The van der Waals surface area contributed by atoms with Crippen LogP contribution in [0, 0.1) is 6.92 Å². The Kier molecular flexibility index (Phi) is 4.31. The van der Waals surface area contributed by atoms with Crippen molar-refractivity contribution in [3.8, 4) is 11.3 Å². The number of aromatic nitrogens is 3. The minimum Gasteiger partial charge on any atom is -0.291 e. The van der Waals surface area contributed by atoms with E-state index < -0.39 is 6.17 Å². The van der Waals surface area contributed by atoms with Gasteiger partial charge in [-0.15, -0.1) is 0 Å². The standard InChI is InChI=1S/C20H18N4O2S/c1-12-8-10-14(11-9-12)19-23(13(2)25)16-7-5-4-6-15(16)17-18(26)21-20(27-3)22-24(17)19/h4-11,19H,1-3H3/p+1/t19-/m1/s1. The van der Waals surface area contributed by atoms with Crippen molar-refractivity contribution in [1.82, 2.24) is 10.1 Å². The average molecular weight is 379 g/mol. The first-order chi connectivity index (χ1) is 13.0. The van der Waals surface area contributed by atoms with E-state index in [0.29, 0.717) is 22.1 Å². The van der Waals surface area contributed by atoms with Gasteiger partial charge >= 0.3 is 11.3 Å². The van der Waals surface area contributed by atoms with E-state index in [0.717, 1.165) is 11.1 Å². The second-order valence-corrected chi connectivity index (χ2v) is 7.24. The second kappa shape index (κ2) is 6.66. The van der Waals surface area contributed by atoms with Crippen LogP contribution in [0.5, 0.6) is 0 Å². The molecule has 1 aromatic heterocycles. The number of para-hydroxylation sites is 1. The summed E-state index contributed by atoms with van der Waals surface area (Å²) < 4.78 is 1.67.